The van der Waals surface area contributed by atoms with Crippen LogP contribution in [0.3, 0.4) is 0 Å². The maximum atomic E-state index is 8.66. The largest absolute Gasteiger partial charge is 0.311 e. The van der Waals surface area contributed by atoms with Crippen LogP contribution >= 0.6 is 0 Å². The zero-order valence-corrected chi connectivity index (χ0v) is 10.0. The number of rotatable bonds is 6. The van der Waals surface area contributed by atoms with E-state index in [-0.39, 0.29) is 0 Å². The molecule has 0 saturated heterocycles. The van der Waals surface area contributed by atoms with Crippen LogP contribution in [0.5, 0.6) is 0 Å². The van der Waals surface area contributed by atoms with Crippen LogP contribution < -0.4 is 5.32 Å². The number of nitriles is 1. The number of hydrogen-bond donors (Lipinski definition) is 1. The molecule has 3 nitrogen and oxygen atoms in total. The summed E-state index contributed by atoms with van der Waals surface area (Å²) >= 11 is 0. The van der Waals surface area contributed by atoms with Gasteiger partial charge >= 0.3 is 0 Å². The molecule has 0 aliphatic carbocycles. The van der Waals surface area contributed by atoms with Gasteiger partial charge in [0.15, 0.2) is 0 Å². The Kier molecular flexibility index (Phi) is 5.55. The van der Waals surface area contributed by atoms with E-state index in [0.29, 0.717) is 0 Å². The van der Waals surface area contributed by atoms with Crippen molar-refractivity contribution in [2.24, 2.45) is 0 Å². The molecule has 0 radical (unpaired) electrons. The zero-order valence-electron chi connectivity index (χ0n) is 10.0. The molecule has 0 amide bonds. The van der Waals surface area contributed by atoms with Crippen LogP contribution in [-0.4, -0.2) is 31.6 Å². The highest BCUT2D eigenvalue weighted by molar-refractivity contribution is 5.31. The zero-order chi connectivity index (χ0) is 11.8. The van der Waals surface area contributed by atoms with E-state index in [2.05, 4.69) is 30.3 Å². The van der Waals surface area contributed by atoms with Crippen molar-refractivity contribution in [3.8, 4) is 6.07 Å². The fraction of sp³-hybridized carbons (Fsp3) is 0.462. The average Bonchev–Trinajstić information content (AvgIpc) is 2.35. The molecule has 0 aromatic heterocycles. The second-order valence-corrected chi connectivity index (χ2v) is 3.88. The van der Waals surface area contributed by atoms with Crippen LogP contribution in [0.15, 0.2) is 24.3 Å². The molecule has 1 aromatic carbocycles. The normalized spacial score (nSPS) is 10.4. The molecule has 0 heterocycles. The molecule has 1 rings (SSSR count). The number of hydrogen-bond acceptors (Lipinski definition) is 3. The fourth-order valence-electron chi connectivity index (χ4n) is 1.36. The Morgan fingerprint density at radius 1 is 1.31 bits per heavy atom. The molecule has 0 spiro atoms. The van der Waals surface area contributed by atoms with E-state index in [0.717, 1.165) is 31.7 Å². The van der Waals surface area contributed by atoms with E-state index < -0.39 is 0 Å². The van der Waals surface area contributed by atoms with Crippen LogP contribution in [0.1, 0.15) is 18.1 Å². The highest BCUT2D eigenvalue weighted by Gasteiger charge is 1.95. The third kappa shape index (κ3) is 4.43. The number of likely N-dealkylation sites (N-methyl/N-ethyl adjacent to an activating group) is 1. The van der Waals surface area contributed by atoms with Gasteiger partial charge in [0.25, 0.3) is 0 Å². The lowest BCUT2D eigenvalue weighted by molar-refractivity contribution is 0.349. The first-order chi connectivity index (χ1) is 7.76. The minimum atomic E-state index is 0.717. The van der Waals surface area contributed by atoms with Crippen molar-refractivity contribution in [2.45, 2.75) is 13.5 Å². The quantitative estimate of drug-likeness (QED) is 0.736. The lowest BCUT2D eigenvalue weighted by Gasteiger charge is -2.13. The van der Waals surface area contributed by atoms with E-state index >= 15 is 0 Å². The first-order valence-corrected chi connectivity index (χ1v) is 5.64. The smallest absolute Gasteiger partial charge is 0.0991 e. The molecule has 0 atom stereocenters. The lowest BCUT2D eigenvalue weighted by atomic mass is 10.1. The Bertz CT molecular complexity index is 337. The third-order valence-corrected chi connectivity index (χ3v) is 2.62. The minimum Gasteiger partial charge on any atom is -0.311 e. The van der Waals surface area contributed by atoms with Crippen molar-refractivity contribution in [1.82, 2.24) is 10.2 Å². The van der Waals surface area contributed by atoms with E-state index in [1.54, 1.807) is 0 Å². The summed E-state index contributed by atoms with van der Waals surface area (Å²) in [7, 11) is 2.11. The number of nitrogens with zero attached hydrogens (tertiary/aromatic N) is 2. The maximum absolute atomic E-state index is 8.66. The van der Waals surface area contributed by atoms with Crippen molar-refractivity contribution in [3.05, 3.63) is 35.4 Å². The number of benzene rings is 1. The van der Waals surface area contributed by atoms with Gasteiger partial charge in [-0.3, -0.25) is 0 Å². The Hall–Kier alpha value is -1.37. The highest BCUT2D eigenvalue weighted by atomic mass is 15.1. The molecule has 3 heteroatoms. The Morgan fingerprint density at radius 2 is 2.00 bits per heavy atom. The molecule has 0 aliphatic heterocycles. The predicted octanol–water partition coefficient (Wildman–Crippen LogP) is 1.60. The topological polar surface area (TPSA) is 39.1 Å². The summed E-state index contributed by atoms with van der Waals surface area (Å²) in [5.74, 6) is 0. The highest BCUT2D eigenvalue weighted by Crippen LogP contribution is 2.02. The van der Waals surface area contributed by atoms with E-state index in [1.165, 1.54) is 5.56 Å². The van der Waals surface area contributed by atoms with Crippen LogP contribution in [0, 0.1) is 11.3 Å². The molecular weight excluding hydrogens is 198 g/mol. The summed E-state index contributed by atoms with van der Waals surface area (Å²) in [6.07, 6.45) is 0. The van der Waals surface area contributed by atoms with Crippen LogP contribution in [0.4, 0.5) is 0 Å². The van der Waals surface area contributed by atoms with Gasteiger partial charge in [0.05, 0.1) is 11.6 Å². The molecule has 0 saturated carbocycles. The molecule has 1 aromatic rings. The van der Waals surface area contributed by atoms with E-state index in [9.17, 15) is 0 Å². The molecule has 0 fully saturated rings. The third-order valence-electron chi connectivity index (χ3n) is 2.62. The van der Waals surface area contributed by atoms with Crippen LogP contribution in [0.2, 0.25) is 0 Å². The van der Waals surface area contributed by atoms with Crippen molar-refractivity contribution >= 4 is 0 Å². The standard InChI is InChI=1S/C13H19N3/c1-3-16(2)9-8-15-11-13-6-4-12(10-14)5-7-13/h4-7,15H,3,8-9,11H2,1-2H3. The van der Waals surface area contributed by atoms with E-state index in [4.69, 9.17) is 5.26 Å². The van der Waals surface area contributed by atoms with Gasteiger partial charge in [-0.25, -0.2) is 0 Å². The lowest BCUT2D eigenvalue weighted by Crippen LogP contribution is -2.28. The summed E-state index contributed by atoms with van der Waals surface area (Å²) in [6, 6.07) is 9.82. The SMILES string of the molecule is CCN(C)CCNCc1ccc(C#N)cc1. The molecule has 0 unspecified atom stereocenters. The van der Waals surface area contributed by atoms with Gasteiger partial charge in [-0.1, -0.05) is 19.1 Å². The van der Waals surface area contributed by atoms with Gasteiger partial charge in [0.2, 0.25) is 0 Å². The maximum Gasteiger partial charge on any atom is 0.0991 e. The Morgan fingerprint density at radius 3 is 2.56 bits per heavy atom. The molecule has 0 aliphatic rings. The average molecular weight is 217 g/mol. The predicted molar refractivity (Wildman–Crippen MR) is 66.0 cm³/mol. The fourth-order valence-corrected chi connectivity index (χ4v) is 1.36. The first-order valence-electron chi connectivity index (χ1n) is 5.64. The molecule has 1 N–H and O–H groups in total. The van der Waals surface area contributed by atoms with Gasteiger partial charge in [0, 0.05) is 19.6 Å². The molecule has 86 valence electrons. The van der Waals surface area contributed by atoms with Crippen LogP contribution in [0.25, 0.3) is 0 Å². The Labute approximate surface area is 97.7 Å². The van der Waals surface area contributed by atoms with Crippen molar-refractivity contribution in [3.63, 3.8) is 0 Å². The van der Waals surface area contributed by atoms with Crippen molar-refractivity contribution in [1.29, 1.82) is 5.26 Å². The molecule has 0 bridgehead atoms. The molecule has 16 heavy (non-hydrogen) atoms. The van der Waals surface area contributed by atoms with Gasteiger partial charge in [0.1, 0.15) is 0 Å². The minimum absolute atomic E-state index is 0.717. The summed E-state index contributed by atoms with van der Waals surface area (Å²) in [6.45, 7) is 6.15. The van der Waals surface area contributed by atoms with Gasteiger partial charge in [-0.2, -0.15) is 5.26 Å². The first kappa shape index (κ1) is 12.7. The Balaban J connectivity index is 2.25. The number of nitrogens with one attached hydrogen (secondary N) is 1. The van der Waals surface area contributed by atoms with Crippen LogP contribution in [-0.2, 0) is 6.54 Å². The summed E-state index contributed by atoms with van der Waals surface area (Å²) in [4.78, 5) is 2.27. The summed E-state index contributed by atoms with van der Waals surface area (Å²) < 4.78 is 0. The van der Waals surface area contributed by atoms with Gasteiger partial charge in [-0.05, 0) is 31.3 Å². The van der Waals surface area contributed by atoms with Gasteiger partial charge < -0.3 is 10.2 Å². The summed E-state index contributed by atoms with van der Waals surface area (Å²) in [5.41, 5.74) is 1.94. The summed E-state index contributed by atoms with van der Waals surface area (Å²) in [5, 5.41) is 12.0. The molecular formula is C13H19N3. The van der Waals surface area contributed by atoms with Crippen molar-refractivity contribution in [2.75, 3.05) is 26.7 Å². The second kappa shape index (κ2) is 7.00. The monoisotopic (exact) mass is 217 g/mol. The second-order valence-electron chi connectivity index (χ2n) is 3.88. The van der Waals surface area contributed by atoms with E-state index in [1.807, 2.05) is 24.3 Å². The van der Waals surface area contributed by atoms with Gasteiger partial charge in [-0.15, -0.1) is 0 Å². The van der Waals surface area contributed by atoms with Crippen molar-refractivity contribution < 1.29 is 0 Å².